The van der Waals surface area contributed by atoms with Gasteiger partial charge in [-0.3, -0.25) is 9.59 Å². The highest BCUT2D eigenvalue weighted by molar-refractivity contribution is 5.95. The lowest BCUT2D eigenvalue weighted by atomic mass is 10.2. The zero-order valence-corrected chi connectivity index (χ0v) is 19.8. The Hall–Kier alpha value is -3.20. The van der Waals surface area contributed by atoms with Crippen molar-refractivity contribution in [3.63, 3.8) is 0 Å². The van der Waals surface area contributed by atoms with Gasteiger partial charge in [0.05, 0.1) is 13.2 Å². The average molecular weight is 443 g/mol. The minimum Gasteiger partial charge on any atom is -0.378 e. The normalized spacial score (nSPS) is 10.7. The summed E-state index contributed by atoms with van der Waals surface area (Å²) in [6.07, 6.45) is 3.26. The van der Waals surface area contributed by atoms with Crippen molar-refractivity contribution < 1.29 is 14.3 Å². The van der Waals surface area contributed by atoms with Crippen molar-refractivity contribution in [2.24, 2.45) is 0 Å². The minimum absolute atomic E-state index is 0.0272. The lowest BCUT2D eigenvalue weighted by molar-refractivity contribution is 0.0579. The average Bonchev–Trinajstić information content (AvgIpc) is 2.77. The molecule has 0 aromatic carbocycles. The number of carbonyl (C=O) groups excluding carboxylic acids is 2. The van der Waals surface area contributed by atoms with E-state index in [9.17, 15) is 9.59 Å². The molecular weight excluding hydrogens is 408 g/mol. The van der Waals surface area contributed by atoms with Crippen molar-refractivity contribution >= 4 is 23.5 Å². The summed E-state index contributed by atoms with van der Waals surface area (Å²) < 4.78 is 5.66. The first kappa shape index (κ1) is 25.1. The Morgan fingerprint density at radius 2 is 1.50 bits per heavy atom. The van der Waals surface area contributed by atoms with E-state index >= 15 is 0 Å². The van der Waals surface area contributed by atoms with Gasteiger partial charge in [0.2, 0.25) is 0 Å². The van der Waals surface area contributed by atoms with Crippen LogP contribution >= 0.6 is 0 Å². The number of carbonyl (C=O) groups is 2. The first-order valence-corrected chi connectivity index (χ1v) is 10.6. The van der Waals surface area contributed by atoms with E-state index in [1.807, 2.05) is 51.8 Å². The SMILES string of the molecule is CC(C)N(CCOCCNC(=O)c1ccnc(N(C)C)c1)C(=O)c1ccnc(N(C)C)c1. The molecule has 0 spiro atoms. The second kappa shape index (κ2) is 12.0. The lowest BCUT2D eigenvalue weighted by Gasteiger charge is -2.27. The smallest absolute Gasteiger partial charge is 0.254 e. The molecule has 0 aliphatic rings. The molecule has 2 aromatic rings. The Morgan fingerprint density at radius 1 is 0.938 bits per heavy atom. The molecule has 0 unspecified atom stereocenters. The molecule has 2 aromatic heterocycles. The number of anilines is 2. The summed E-state index contributed by atoms with van der Waals surface area (Å²) in [5.41, 5.74) is 1.15. The molecular formula is C23H34N6O3. The van der Waals surface area contributed by atoms with Gasteiger partial charge in [0.15, 0.2) is 0 Å². The van der Waals surface area contributed by atoms with Crippen LogP contribution < -0.4 is 15.1 Å². The van der Waals surface area contributed by atoms with E-state index in [4.69, 9.17) is 4.74 Å². The van der Waals surface area contributed by atoms with E-state index in [1.165, 1.54) is 0 Å². The highest BCUT2D eigenvalue weighted by Crippen LogP contribution is 2.14. The number of nitrogens with one attached hydrogen (secondary N) is 1. The van der Waals surface area contributed by atoms with E-state index in [2.05, 4.69) is 15.3 Å². The lowest BCUT2D eigenvalue weighted by Crippen LogP contribution is -2.39. The van der Waals surface area contributed by atoms with E-state index in [0.717, 1.165) is 11.6 Å². The molecule has 0 saturated carbocycles. The van der Waals surface area contributed by atoms with Gasteiger partial charge in [0.25, 0.3) is 11.8 Å². The second-order valence-corrected chi connectivity index (χ2v) is 8.05. The van der Waals surface area contributed by atoms with Gasteiger partial charge in [-0.15, -0.1) is 0 Å². The third-order valence-electron chi connectivity index (χ3n) is 4.81. The molecule has 0 aliphatic heterocycles. The Bertz CT molecular complexity index is 901. The monoisotopic (exact) mass is 442 g/mol. The molecule has 0 bridgehead atoms. The predicted octanol–water partition coefficient (Wildman–Crippen LogP) is 1.91. The number of pyridine rings is 2. The van der Waals surface area contributed by atoms with Crippen molar-refractivity contribution in [3.8, 4) is 0 Å². The fourth-order valence-electron chi connectivity index (χ4n) is 2.96. The molecule has 2 amide bonds. The third-order valence-corrected chi connectivity index (χ3v) is 4.81. The van der Waals surface area contributed by atoms with Gasteiger partial charge < -0.3 is 24.8 Å². The number of hydrogen-bond donors (Lipinski definition) is 1. The second-order valence-electron chi connectivity index (χ2n) is 8.05. The minimum atomic E-state index is -0.174. The fourth-order valence-corrected chi connectivity index (χ4v) is 2.96. The molecule has 0 fully saturated rings. The summed E-state index contributed by atoms with van der Waals surface area (Å²) in [5, 5.41) is 2.84. The zero-order chi connectivity index (χ0) is 23.7. The van der Waals surface area contributed by atoms with Crippen LogP contribution in [-0.2, 0) is 4.74 Å². The summed E-state index contributed by atoms with van der Waals surface area (Å²) in [4.78, 5) is 39.2. The number of rotatable bonds is 11. The maximum absolute atomic E-state index is 13.0. The molecule has 32 heavy (non-hydrogen) atoms. The van der Waals surface area contributed by atoms with Gasteiger partial charge in [0.1, 0.15) is 11.6 Å². The van der Waals surface area contributed by atoms with Gasteiger partial charge >= 0.3 is 0 Å². The van der Waals surface area contributed by atoms with Gasteiger partial charge in [-0.2, -0.15) is 0 Å². The van der Waals surface area contributed by atoms with Crippen LogP contribution in [0.2, 0.25) is 0 Å². The van der Waals surface area contributed by atoms with Gasteiger partial charge in [-0.1, -0.05) is 0 Å². The maximum Gasteiger partial charge on any atom is 0.254 e. The molecule has 0 saturated heterocycles. The van der Waals surface area contributed by atoms with Gasteiger partial charge in [0, 0.05) is 70.8 Å². The van der Waals surface area contributed by atoms with Crippen molar-refractivity contribution in [1.29, 1.82) is 0 Å². The first-order chi connectivity index (χ1) is 15.2. The quantitative estimate of drug-likeness (QED) is 0.532. The van der Waals surface area contributed by atoms with Crippen molar-refractivity contribution in [3.05, 3.63) is 47.8 Å². The largest absolute Gasteiger partial charge is 0.378 e. The van der Waals surface area contributed by atoms with Crippen LogP contribution in [0.1, 0.15) is 34.6 Å². The Kier molecular flexibility index (Phi) is 9.39. The number of nitrogens with zero attached hydrogens (tertiary/aromatic N) is 5. The fraction of sp³-hybridized carbons (Fsp3) is 0.478. The van der Waals surface area contributed by atoms with Crippen LogP contribution in [0.15, 0.2) is 36.7 Å². The summed E-state index contributed by atoms with van der Waals surface area (Å²) in [7, 11) is 7.52. The highest BCUT2D eigenvalue weighted by Gasteiger charge is 2.19. The molecule has 1 N–H and O–H groups in total. The number of aromatic nitrogens is 2. The predicted molar refractivity (Wildman–Crippen MR) is 126 cm³/mol. The van der Waals surface area contributed by atoms with Crippen LogP contribution in [0.25, 0.3) is 0 Å². The topological polar surface area (TPSA) is 90.9 Å². The third kappa shape index (κ3) is 7.19. The number of hydrogen-bond acceptors (Lipinski definition) is 7. The van der Waals surface area contributed by atoms with E-state index < -0.39 is 0 Å². The van der Waals surface area contributed by atoms with Crippen molar-refractivity contribution in [1.82, 2.24) is 20.2 Å². The molecule has 0 aliphatic carbocycles. The first-order valence-electron chi connectivity index (χ1n) is 10.6. The summed E-state index contributed by atoms with van der Waals surface area (Å²) in [6.45, 7) is 5.53. The van der Waals surface area contributed by atoms with Crippen LogP contribution in [0, 0.1) is 0 Å². The van der Waals surface area contributed by atoms with Crippen LogP contribution in [0.5, 0.6) is 0 Å². The molecule has 2 heterocycles. The summed E-state index contributed by atoms with van der Waals surface area (Å²) in [5.74, 6) is 1.22. The van der Waals surface area contributed by atoms with E-state index in [0.29, 0.717) is 37.4 Å². The Morgan fingerprint density at radius 3 is 2.06 bits per heavy atom. The standard InChI is InChI=1S/C23H34N6O3/c1-17(2)29(23(31)19-8-10-25-21(16-19)28(5)6)12-14-32-13-11-26-22(30)18-7-9-24-20(15-18)27(3)4/h7-10,15-17H,11-14H2,1-6H3,(H,26,30). The maximum atomic E-state index is 13.0. The van der Waals surface area contributed by atoms with Gasteiger partial charge in [-0.05, 0) is 38.1 Å². The molecule has 0 radical (unpaired) electrons. The molecule has 9 heteroatoms. The number of ether oxygens (including phenoxy) is 1. The van der Waals surface area contributed by atoms with Gasteiger partial charge in [-0.25, -0.2) is 9.97 Å². The summed E-state index contributed by atoms with van der Waals surface area (Å²) >= 11 is 0. The van der Waals surface area contributed by atoms with Crippen molar-refractivity contribution in [2.75, 3.05) is 64.3 Å². The molecule has 174 valence electrons. The van der Waals surface area contributed by atoms with E-state index in [1.54, 1.807) is 41.6 Å². The number of amides is 2. The van der Waals surface area contributed by atoms with Crippen LogP contribution in [0.4, 0.5) is 11.6 Å². The molecule has 9 nitrogen and oxygen atoms in total. The molecule has 2 rings (SSSR count). The van der Waals surface area contributed by atoms with Crippen molar-refractivity contribution in [2.45, 2.75) is 19.9 Å². The van der Waals surface area contributed by atoms with Crippen LogP contribution in [0.3, 0.4) is 0 Å². The van der Waals surface area contributed by atoms with E-state index in [-0.39, 0.29) is 17.9 Å². The summed E-state index contributed by atoms with van der Waals surface area (Å²) in [6, 6.07) is 6.95. The Balaban J connectivity index is 1.80. The van der Waals surface area contributed by atoms with Crippen LogP contribution in [-0.4, -0.2) is 87.2 Å². The Labute approximate surface area is 190 Å². The highest BCUT2D eigenvalue weighted by atomic mass is 16.5. The molecule has 0 atom stereocenters. The zero-order valence-electron chi connectivity index (χ0n) is 19.8.